The van der Waals surface area contributed by atoms with E-state index in [1.807, 2.05) is 12.4 Å². The first-order chi connectivity index (χ1) is 22.8. The van der Waals surface area contributed by atoms with E-state index >= 15 is 0 Å². The van der Waals surface area contributed by atoms with Crippen LogP contribution in [0.15, 0.2) is 157 Å². The van der Waals surface area contributed by atoms with E-state index in [0.29, 0.717) is 0 Å². The zero-order chi connectivity index (χ0) is 30.5. The van der Waals surface area contributed by atoms with Crippen molar-refractivity contribution in [3.63, 3.8) is 0 Å². The molecular weight excluding hydrogens is 556 g/mol. The van der Waals surface area contributed by atoms with Crippen LogP contribution in [0.3, 0.4) is 0 Å². The highest BCUT2D eigenvalue weighted by atomic mass is 14.7. The van der Waals surface area contributed by atoms with Gasteiger partial charge in [0.05, 0.1) is 5.69 Å². The monoisotopic (exact) mass is 586 g/mol. The summed E-state index contributed by atoms with van der Waals surface area (Å²) in [6.45, 7) is 0.849. The molecule has 1 aliphatic heterocycles. The van der Waals surface area contributed by atoms with Crippen molar-refractivity contribution in [1.82, 2.24) is 4.98 Å². The van der Waals surface area contributed by atoms with Gasteiger partial charge in [-0.15, -0.1) is 0 Å². The summed E-state index contributed by atoms with van der Waals surface area (Å²) in [5, 5.41) is 10.0. The van der Waals surface area contributed by atoms with Crippen molar-refractivity contribution in [3.8, 4) is 33.4 Å². The van der Waals surface area contributed by atoms with Gasteiger partial charge in [0.15, 0.2) is 0 Å². The average molecular weight is 587 g/mol. The maximum Gasteiger partial charge on any atom is 0.0720 e. The third-order valence-electron chi connectivity index (χ3n) is 9.38. The highest BCUT2D eigenvalue weighted by molar-refractivity contribution is 6.24. The molecule has 0 fully saturated rings. The summed E-state index contributed by atoms with van der Waals surface area (Å²) in [6, 6.07) is 51.1. The second-order valence-corrected chi connectivity index (χ2v) is 12.0. The van der Waals surface area contributed by atoms with Crippen LogP contribution in [0.2, 0.25) is 0 Å². The van der Waals surface area contributed by atoms with Crippen LogP contribution in [-0.4, -0.2) is 17.7 Å². The Labute approximate surface area is 268 Å². The van der Waals surface area contributed by atoms with Crippen LogP contribution in [0.4, 0.5) is 0 Å². The lowest BCUT2D eigenvalue weighted by Crippen LogP contribution is -1.97. The lowest BCUT2D eigenvalue weighted by Gasteiger charge is -2.19. The quantitative estimate of drug-likeness (QED) is 0.188. The van der Waals surface area contributed by atoms with Gasteiger partial charge in [-0.2, -0.15) is 0 Å². The van der Waals surface area contributed by atoms with Crippen molar-refractivity contribution in [2.24, 2.45) is 4.99 Å². The molecule has 0 saturated heterocycles. The van der Waals surface area contributed by atoms with Gasteiger partial charge in [-0.3, -0.25) is 9.98 Å². The van der Waals surface area contributed by atoms with Crippen LogP contribution in [-0.2, 0) is 0 Å². The Morgan fingerprint density at radius 2 is 1.09 bits per heavy atom. The molecule has 9 rings (SSSR count). The molecule has 0 radical (unpaired) electrons. The normalized spacial score (nSPS) is 13.1. The maximum absolute atomic E-state index is 4.69. The molecular formula is C44H30N2. The van der Waals surface area contributed by atoms with Crippen molar-refractivity contribution in [2.45, 2.75) is 6.42 Å². The van der Waals surface area contributed by atoms with Gasteiger partial charge in [0.25, 0.3) is 0 Å². The topological polar surface area (TPSA) is 25.2 Å². The lowest BCUT2D eigenvalue weighted by atomic mass is 9.84. The first kappa shape index (κ1) is 26.5. The number of hydrogen-bond acceptors (Lipinski definition) is 2. The Hall–Kier alpha value is -5.86. The number of aromatic nitrogens is 1. The largest absolute Gasteiger partial charge is 0.292 e. The SMILES string of the molecule is C1=NCCC=C1c1cc(-c2cccc3c(-c4c5ccccc5c(-c5ccc6ccccc6c5)c5ccccc45)cccc23)ccn1. The van der Waals surface area contributed by atoms with E-state index in [2.05, 4.69) is 151 Å². The first-order valence-electron chi connectivity index (χ1n) is 15.9. The Kier molecular flexibility index (Phi) is 6.31. The number of pyridine rings is 1. The highest BCUT2D eigenvalue weighted by Crippen LogP contribution is 2.46. The molecule has 0 N–H and O–H groups in total. The molecule has 0 bridgehead atoms. The molecule has 216 valence electrons. The molecule has 2 heteroatoms. The first-order valence-corrected chi connectivity index (χ1v) is 15.9. The fraction of sp³-hybridized carbons (Fsp3) is 0.0455. The number of rotatable bonds is 4. The molecule has 2 heterocycles. The van der Waals surface area contributed by atoms with Crippen LogP contribution in [0.25, 0.3) is 82.0 Å². The van der Waals surface area contributed by atoms with Gasteiger partial charge in [-0.1, -0.05) is 127 Å². The molecule has 2 nitrogen and oxygen atoms in total. The Morgan fingerprint density at radius 3 is 1.80 bits per heavy atom. The minimum atomic E-state index is 0.849. The van der Waals surface area contributed by atoms with Crippen molar-refractivity contribution >= 4 is 54.9 Å². The number of fused-ring (bicyclic) bond motifs is 4. The van der Waals surface area contributed by atoms with Crippen molar-refractivity contribution in [3.05, 3.63) is 157 Å². The minimum absolute atomic E-state index is 0.849. The van der Waals surface area contributed by atoms with Crippen LogP contribution < -0.4 is 0 Å². The van der Waals surface area contributed by atoms with Gasteiger partial charge >= 0.3 is 0 Å². The van der Waals surface area contributed by atoms with Crippen LogP contribution in [0, 0.1) is 0 Å². The summed E-state index contributed by atoms with van der Waals surface area (Å²) in [5.74, 6) is 0. The van der Waals surface area contributed by atoms with E-state index in [0.717, 1.165) is 29.8 Å². The summed E-state index contributed by atoms with van der Waals surface area (Å²) in [6.07, 6.45) is 7.06. The molecule has 7 aromatic carbocycles. The summed E-state index contributed by atoms with van der Waals surface area (Å²) < 4.78 is 0. The second kappa shape index (κ2) is 10.9. The lowest BCUT2D eigenvalue weighted by molar-refractivity contribution is 1.00. The zero-order valence-corrected chi connectivity index (χ0v) is 25.3. The van der Waals surface area contributed by atoms with Gasteiger partial charge in [-0.05, 0) is 101 Å². The average Bonchev–Trinajstić information content (AvgIpc) is 3.13. The van der Waals surface area contributed by atoms with E-state index < -0.39 is 0 Å². The standard InChI is InChI=1S/C44H30N2/c1-2-11-30-26-32(22-21-29(30)10-1)43-38-13-3-5-15-40(38)44(41-16-6-4-14-39(41)43)37-20-8-18-35-34(17-7-19-36(35)37)31-23-25-46-42(27-31)33-12-9-24-45-28-33/h1-8,10-23,25-28H,9,24H2. The summed E-state index contributed by atoms with van der Waals surface area (Å²) in [7, 11) is 0. The number of nitrogens with zero attached hydrogens (tertiary/aromatic N) is 2. The Morgan fingerprint density at radius 1 is 0.457 bits per heavy atom. The molecule has 0 amide bonds. The van der Waals surface area contributed by atoms with Gasteiger partial charge in [0.2, 0.25) is 0 Å². The summed E-state index contributed by atoms with van der Waals surface area (Å²) >= 11 is 0. The molecule has 1 aliphatic rings. The zero-order valence-electron chi connectivity index (χ0n) is 25.3. The fourth-order valence-corrected chi connectivity index (χ4v) is 7.29. The predicted octanol–water partition coefficient (Wildman–Crippen LogP) is 11.6. The molecule has 46 heavy (non-hydrogen) atoms. The minimum Gasteiger partial charge on any atom is -0.292 e. The second-order valence-electron chi connectivity index (χ2n) is 12.0. The predicted molar refractivity (Wildman–Crippen MR) is 197 cm³/mol. The number of hydrogen-bond donors (Lipinski definition) is 0. The maximum atomic E-state index is 4.69. The van der Waals surface area contributed by atoms with Crippen LogP contribution in [0.5, 0.6) is 0 Å². The molecule has 0 atom stereocenters. The molecule has 0 aliphatic carbocycles. The van der Waals surface area contributed by atoms with Crippen molar-refractivity contribution < 1.29 is 0 Å². The van der Waals surface area contributed by atoms with E-state index in [4.69, 9.17) is 4.98 Å². The molecule has 8 aromatic rings. The van der Waals surface area contributed by atoms with Gasteiger partial charge < -0.3 is 0 Å². The van der Waals surface area contributed by atoms with E-state index in [1.165, 1.54) is 70.9 Å². The number of aliphatic imine (C=N–C) groups is 1. The number of benzene rings is 7. The fourth-order valence-electron chi connectivity index (χ4n) is 7.29. The van der Waals surface area contributed by atoms with Crippen LogP contribution >= 0.6 is 0 Å². The third kappa shape index (κ3) is 4.34. The van der Waals surface area contributed by atoms with Crippen molar-refractivity contribution in [2.75, 3.05) is 6.54 Å². The van der Waals surface area contributed by atoms with Gasteiger partial charge in [-0.25, -0.2) is 0 Å². The van der Waals surface area contributed by atoms with E-state index in [9.17, 15) is 0 Å². The Bertz CT molecular complexity index is 2480. The molecule has 1 aromatic heterocycles. The van der Waals surface area contributed by atoms with E-state index in [1.54, 1.807) is 0 Å². The van der Waals surface area contributed by atoms with Crippen molar-refractivity contribution in [1.29, 1.82) is 0 Å². The summed E-state index contributed by atoms with van der Waals surface area (Å²) in [4.78, 5) is 9.18. The van der Waals surface area contributed by atoms with Crippen LogP contribution in [0.1, 0.15) is 12.1 Å². The molecule has 0 spiro atoms. The number of dihydropyridines is 1. The third-order valence-corrected chi connectivity index (χ3v) is 9.38. The smallest absolute Gasteiger partial charge is 0.0720 e. The van der Waals surface area contributed by atoms with Gasteiger partial charge in [0.1, 0.15) is 0 Å². The highest BCUT2D eigenvalue weighted by Gasteiger charge is 2.19. The summed E-state index contributed by atoms with van der Waals surface area (Å²) in [5.41, 5.74) is 9.47. The number of allylic oxidation sites excluding steroid dienone is 1. The molecule has 0 saturated carbocycles. The van der Waals surface area contributed by atoms with Gasteiger partial charge in [0, 0.05) is 24.5 Å². The Balaban J connectivity index is 1.30. The molecule has 0 unspecified atom stereocenters. The van der Waals surface area contributed by atoms with E-state index in [-0.39, 0.29) is 0 Å².